The van der Waals surface area contributed by atoms with E-state index >= 15 is 0 Å². The molecule has 102 valence electrons. The third-order valence-corrected chi connectivity index (χ3v) is 4.31. The molecule has 0 aliphatic heterocycles. The Bertz CT molecular complexity index is 379. The molecule has 1 atom stereocenters. The van der Waals surface area contributed by atoms with Gasteiger partial charge in [0, 0.05) is 13.2 Å². The topological polar surface area (TPSA) is 49.3 Å². The zero-order chi connectivity index (χ0) is 13.5. The van der Waals surface area contributed by atoms with E-state index in [0.717, 1.165) is 16.6 Å². The summed E-state index contributed by atoms with van der Waals surface area (Å²) in [6.45, 7) is 5.12. The van der Waals surface area contributed by atoms with Crippen LogP contribution in [0.1, 0.15) is 36.4 Å². The Morgan fingerprint density at radius 1 is 1.50 bits per heavy atom. The van der Waals surface area contributed by atoms with Gasteiger partial charge in [0.05, 0.1) is 8.66 Å². The van der Waals surface area contributed by atoms with Crippen molar-refractivity contribution >= 4 is 33.2 Å². The molecular weight excluding hydrogens is 314 g/mol. The number of aliphatic hydroxyl groups excluding tert-OH is 1. The van der Waals surface area contributed by atoms with Crippen LogP contribution in [0.2, 0.25) is 0 Å². The second kappa shape index (κ2) is 7.92. The molecule has 1 heterocycles. The predicted molar refractivity (Wildman–Crippen MR) is 79.0 cm³/mol. The second-order valence-electron chi connectivity index (χ2n) is 4.82. The highest BCUT2D eigenvalue weighted by atomic mass is 79.9. The lowest BCUT2D eigenvalue weighted by molar-refractivity contribution is 0.0945. The predicted octanol–water partition coefficient (Wildman–Crippen LogP) is 3.29. The number of carbonyl (C=O) groups excluding carboxylic acids is 1. The minimum absolute atomic E-state index is 0.0302. The molecule has 0 spiro atoms. The van der Waals surface area contributed by atoms with Gasteiger partial charge in [-0.15, -0.1) is 11.3 Å². The molecule has 0 aliphatic rings. The lowest BCUT2D eigenvalue weighted by atomic mass is 9.94. The quantitative estimate of drug-likeness (QED) is 0.804. The normalized spacial score (nSPS) is 12.7. The number of rotatable bonds is 7. The zero-order valence-electron chi connectivity index (χ0n) is 10.8. The van der Waals surface area contributed by atoms with Gasteiger partial charge in [0.2, 0.25) is 0 Å². The average Bonchev–Trinajstić information content (AvgIpc) is 2.72. The summed E-state index contributed by atoms with van der Waals surface area (Å²) in [5.74, 6) is 0.897. The molecule has 0 saturated carbocycles. The number of halogens is 1. The number of thiophene rings is 1. The Balaban J connectivity index is 2.43. The van der Waals surface area contributed by atoms with Crippen molar-refractivity contribution in [2.75, 3.05) is 13.2 Å². The van der Waals surface area contributed by atoms with Gasteiger partial charge >= 0.3 is 0 Å². The van der Waals surface area contributed by atoms with Crippen molar-refractivity contribution in [1.29, 1.82) is 0 Å². The Morgan fingerprint density at radius 2 is 2.22 bits per heavy atom. The highest BCUT2D eigenvalue weighted by Crippen LogP contribution is 2.22. The van der Waals surface area contributed by atoms with Gasteiger partial charge in [-0.1, -0.05) is 13.8 Å². The van der Waals surface area contributed by atoms with Crippen LogP contribution in [0.3, 0.4) is 0 Å². The minimum Gasteiger partial charge on any atom is -0.396 e. The molecule has 3 nitrogen and oxygen atoms in total. The summed E-state index contributed by atoms with van der Waals surface area (Å²) in [7, 11) is 0. The molecule has 1 amide bonds. The first-order chi connectivity index (χ1) is 8.52. The van der Waals surface area contributed by atoms with E-state index in [0.29, 0.717) is 23.3 Å². The van der Waals surface area contributed by atoms with Crippen LogP contribution in [0.5, 0.6) is 0 Å². The Hall–Kier alpha value is -0.390. The molecule has 0 saturated heterocycles. The van der Waals surface area contributed by atoms with Crippen molar-refractivity contribution in [2.24, 2.45) is 11.8 Å². The average molecular weight is 334 g/mol. The molecule has 0 radical (unpaired) electrons. The summed E-state index contributed by atoms with van der Waals surface area (Å²) in [5, 5.41) is 12.0. The van der Waals surface area contributed by atoms with E-state index in [2.05, 4.69) is 35.1 Å². The molecule has 2 N–H and O–H groups in total. The lowest BCUT2D eigenvalue weighted by Gasteiger charge is -2.18. The summed E-state index contributed by atoms with van der Waals surface area (Å²) in [6.07, 6.45) is 1.77. The number of nitrogens with one attached hydrogen (secondary N) is 1. The fourth-order valence-electron chi connectivity index (χ4n) is 1.91. The van der Waals surface area contributed by atoms with Crippen LogP contribution in [0.15, 0.2) is 15.9 Å². The van der Waals surface area contributed by atoms with E-state index in [9.17, 15) is 4.79 Å². The minimum atomic E-state index is -0.0302. The van der Waals surface area contributed by atoms with Crippen LogP contribution in [0.4, 0.5) is 0 Å². The first kappa shape index (κ1) is 15.7. The fourth-order valence-corrected chi connectivity index (χ4v) is 3.22. The Kier molecular flexibility index (Phi) is 6.89. The molecule has 0 aromatic carbocycles. The first-order valence-corrected chi connectivity index (χ1v) is 7.78. The van der Waals surface area contributed by atoms with Gasteiger partial charge in [0.25, 0.3) is 5.91 Å². The smallest absolute Gasteiger partial charge is 0.261 e. The van der Waals surface area contributed by atoms with Crippen LogP contribution < -0.4 is 5.32 Å². The molecule has 18 heavy (non-hydrogen) atoms. The number of hydrogen-bond donors (Lipinski definition) is 2. The van der Waals surface area contributed by atoms with Crippen molar-refractivity contribution in [1.82, 2.24) is 5.32 Å². The highest BCUT2D eigenvalue weighted by Gasteiger charge is 2.14. The second-order valence-corrected chi connectivity index (χ2v) is 7.28. The summed E-state index contributed by atoms with van der Waals surface area (Å²) in [6, 6.07) is 3.69. The van der Waals surface area contributed by atoms with E-state index < -0.39 is 0 Å². The van der Waals surface area contributed by atoms with Crippen LogP contribution >= 0.6 is 27.3 Å². The maximum Gasteiger partial charge on any atom is 0.261 e. The number of hydrogen-bond acceptors (Lipinski definition) is 3. The maximum absolute atomic E-state index is 11.9. The molecular formula is C13H20BrNO2S. The van der Waals surface area contributed by atoms with Crippen LogP contribution in [0, 0.1) is 11.8 Å². The van der Waals surface area contributed by atoms with Gasteiger partial charge in [-0.2, -0.15) is 0 Å². The molecule has 1 aromatic rings. The molecule has 1 unspecified atom stereocenters. The van der Waals surface area contributed by atoms with E-state index in [-0.39, 0.29) is 12.5 Å². The maximum atomic E-state index is 11.9. The molecule has 1 aromatic heterocycles. The molecule has 1 rings (SSSR count). The molecule has 0 fully saturated rings. The highest BCUT2D eigenvalue weighted by molar-refractivity contribution is 9.11. The van der Waals surface area contributed by atoms with Crippen molar-refractivity contribution < 1.29 is 9.90 Å². The van der Waals surface area contributed by atoms with Gasteiger partial charge in [0.15, 0.2) is 0 Å². The third kappa shape index (κ3) is 5.50. The van der Waals surface area contributed by atoms with Gasteiger partial charge in [0.1, 0.15) is 0 Å². The summed E-state index contributed by atoms with van der Waals surface area (Å²) >= 11 is 4.77. The fraction of sp³-hybridized carbons (Fsp3) is 0.615. The van der Waals surface area contributed by atoms with E-state index in [4.69, 9.17) is 5.11 Å². The summed E-state index contributed by atoms with van der Waals surface area (Å²) < 4.78 is 0.960. The third-order valence-electron chi connectivity index (χ3n) is 2.69. The van der Waals surface area contributed by atoms with E-state index in [1.165, 1.54) is 11.3 Å². The molecule has 0 bridgehead atoms. The van der Waals surface area contributed by atoms with Gasteiger partial charge in [-0.05, 0) is 52.7 Å². The van der Waals surface area contributed by atoms with Crippen molar-refractivity contribution in [3.63, 3.8) is 0 Å². The first-order valence-electron chi connectivity index (χ1n) is 6.17. The Morgan fingerprint density at radius 3 is 2.72 bits per heavy atom. The van der Waals surface area contributed by atoms with Crippen LogP contribution in [-0.2, 0) is 0 Å². The largest absolute Gasteiger partial charge is 0.396 e. The zero-order valence-corrected chi connectivity index (χ0v) is 13.2. The van der Waals surface area contributed by atoms with Gasteiger partial charge in [-0.25, -0.2) is 0 Å². The van der Waals surface area contributed by atoms with Gasteiger partial charge in [-0.3, -0.25) is 4.79 Å². The van der Waals surface area contributed by atoms with Crippen molar-refractivity contribution in [2.45, 2.75) is 26.7 Å². The SMILES string of the molecule is CC(C)CC(CCO)CNC(=O)c1ccc(Br)s1. The molecule has 0 aliphatic carbocycles. The number of aliphatic hydroxyl groups is 1. The van der Waals surface area contributed by atoms with Gasteiger partial charge < -0.3 is 10.4 Å². The monoisotopic (exact) mass is 333 g/mol. The standard InChI is InChI=1S/C13H20BrNO2S/c1-9(2)7-10(5-6-16)8-15-13(17)11-3-4-12(14)18-11/h3-4,9-10,16H,5-8H2,1-2H3,(H,15,17). The molecule has 5 heteroatoms. The number of carbonyl (C=O) groups is 1. The van der Waals surface area contributed by atoms with Crippen molar-refractivity contribution in [3.05, 3.63) is 20.8 Å². The van der Waals surface area contributed by atoms with Crippen LogP contribution in [0.25, 0.3) is 0 Å². The summed E-state index contributed by atoms with van der Waals surface area (Å²) in [5.41, 5.74) is 0. The van der Waals surface area contributed by atoms with Crippen LogP contribution in [-0.4, -0.2) is 24.2 Å². The van der Waals surface area contributed by atoms with E-state index in [1.54, 1.807) is 0 Å². The number of amides is 1. The van der Waals surface area contributed by atoms with E-state index in [1.807, 2.05) is 12.1 Å². The summed E-state index contributed by atoms with van der Waals surface area (Å²) in [4.78, 5) is 12.6. The lowest BCUT2D eigenvalue weighted by Crippen LogP contribution is -2.29. The van der Waals surface area contributed by atoms with Crippen molar-refractivity contribution in [3.8, 4) is 0 Å². The Labute approximate surface area is 121 Å².